The lowest BCUT2D eigenvalue weighted by Crippen LogP contribution is -2.49. The Morgan fingerprint density at radius 1 is 1.19 bits per heavy atom. The van der Waals surface area contributed by atoms with Crippen LogP contribution in [0.3, 0.4) is 0 Å². The van der Waals surface area contributed by atoms with Crippen LogP contribution < -0.4 is 10.6 Å². The van der Waals surface area contributed by atoms with E-state index in [1.54, 1.807) is 24.1 Å². The molecule has 1 fully saturated rings. The molecule has 1 aromatic carbocycles. The van der Waals surface area contributed by atoms with Gasteiger partial charge in [0.05, 0.1) is 0 Å². The van der Waals surface area contributed by atoms with E-state index < -0.39 is 11.6 Å². The first-order valence-electron chi connectivity index (χ1n) is 8.90. The van der Waals surface area contributed by atoms with Crippen molar-refractivity contribution in [1.29, 1.82) is 0 Å². The Morgan fingerprint density at radius 2 is 1.77 bits per heavy atom. The summed E-state index contributed by atoms with van der Waals surface area (Å²) in [6.45, 7) is 6.66. The van der Waals surface area contributed by atoms with Crippen molar-refractivity contribution < 1.29 is 18.7 Å². The van der Waals surface area contributed by atoms with Crippen LogP contribution in [-0.2, 0) is 9.53 Å². The third-order valence-electron chi connectivity index (χ3n) is 4.26. The number of hydrogen-bond acceptors (Lipinski definition) is 4. The van der Waals surface area contributed by atoms with Gasteiger partial charge in [-0.15, -0.1) is 0 Å². The number of nitrogens with one attached hydrogen (secondary N) is 2. The van der Waals surface area contributed by atoms with Crippen molar-refractivity contribution in [3.8, 4) is 0 Å². The molecule has 1 heterocycles. The SMILES string of the molecule is CNC(=O)C(NC1CCN(C(=O)OC(C)(C)C)CC1)c1ccc(F)cc1. The van der Waals surface area contributed by atoms with Gasteiger partial charge in [-0.1, -0.05) is 12.1 Å². The van der Waals surface area contributed by atoms with Gasteiger partial charge >= 0.3 is 6.09 Å². The van der Waals surface area contributed by atoms with Gasteiger partial charge in [-0.05, 0) is 51.3 Å². The lowest BCUT2D eigenvalue weighted by atomic mass is 10.0. The number of piperidine rings is 1. The van der Waals surface area contributed by atoms with Crippen molar-refractivity contribution in [1.82, 2.24) is 15.5 Å². The Balaban J connectivity index is 1.96. The minimum atomic E-state index is -0.557. The molecule has 1 saturated heterocycles. The highest BCUT2D eigenvalue weighted by Crippen LogP contribution is 2.20. The Hall–Kier alpha value is -2.15. The topological polar surface area (TPSA) is 70.7 Å². The van der Waals surface area contributed by atoms with Crippen LogP contribution in [-0.4, -0.2) is 48.7 Å². The van der Waals surface area contributed by atoms with E-state index in [1.165, 1.54) is 12.1 Å². The zero-order valence-electron chi connectivity index (χ0n) is 15.8. The predicted octanol–water partition coefficient (Wildman–Crippen LogP) is 2.60. The minimum absolute atomic E-state index is 0.0843. The molecule has 0 saturated carbocycles. The molecule has 7 heteroatoms. The number of likely N-dealkylation sites (N-methyl/N-ethyl adjacent to an activating group) is 1. The summed E-state index contributed by atoms with van der Waals surface area (Å²) < 4.78 is 18.6. The zero-order chi connectivity index (χ0) is 19.3. The molecule has 1 aliphatic heterocycles. The maximum absolute atomic E-state index is 13.2. The molecule has 1 aliphatic rings. The number of ether oxygens (including phenoxy) is 1. The molecule has 0 spiro atoms. The molecule has 0 radical (unpaired) electrons. The average Bonchev–Trinajstić information content (AvgIpc) is 2.59. The maximum atomic E-state index is 13.2. The number of amides is 2. The van der Waals surface area contributed by atoms with Crippen LogP contribution in [0.4, 0.5) is 9.18 Å². The fourth-order valence-electron chi connectivity index (χ4n) is 2.91. The second kappa shape index (κ2) is 8.49. The molecule has 2 amide bonds. The van der Waals surface area contributed by atoms with Gasteiger partial charge in [0.25, 0.3) is 0 Å². The van der Waals surface area contributed by atoms with E-state index in [2.05, 4.69) is 10.6 Å². The van der Waals surface area contributed by atoms with E-state index in [1.807, 2.05) is 20.8 Å². The molecule has 0 aliphatic carbocycles. The van der Waals surface area contributed by atoms with Gasteiger partial charge in [0.1, 0.15) is 17.5 Å². The van der Waals surface area contributed by atoms with Crippen LogP contribution >= 0.6 is 0 Å². The van der Waals surface area contributed by atoms with Gasteiger partial charge in [0.2, 0.25) is 5.91 Å². The summed E-state index contributed by atoms with van der Waals surface area (Å²) in [6.07, 6.45) is 1.12. The van der Waals surface area contributed by atoms with Crippen molar-refractivity contribution in [3.05, 3.63) is 35.6 Å². The largest absolute Gasteiger partial charge is 0.444 e. The van der Waals surface area contributed by atoms with Crippen molar-refractivity contribution in [2.75, 3.05) is 20.1 Å². The number of carbonyl (C=O) groups excluding carboxylic acids is 2. The van der Waals surface area contributed by atoms with Crippen LogP contribution in [0.2, 0.25) is 0 Å². The van der Waals surface area contributed by atoms with Crippen LogP contribution in [0.15, 0.2) is 24.3 Å². The Morgan fingerprint density at radius 3 is 2.27 bits per heavy atom. The van der Waals surface area contributed by atoms with Gasteiger partial charge in [-0.25, -0.2) is 9.18 Å². The summed E-state index contributed by atoms with van der Waals surface area (Å²) >= 11 is 0. The Kier molecular flexibility index (Phi) is 6.58. The maximum Gasteiger partial charge on any atom is 0.410 e. The number of likely N-dealkylation sites (tertiary alicyclic amines) is 1. The molecule has 2 rings (SSSR count). The Bertz CT molecular complexity index is 620. The number of halogens is 1. The monoisotopic (exact) mass is 365 g/mol. The summed E-state index contributed by atoms with van der Waals surface area (Å²) in [5.74, 6) is -0.513. The number of hydrogen-bond donors (Lipinski definition) is 2. The van der Waals surface area contributed by atoms with Crippen molar-refractivity contribution in [2.24, 2.45) is 0 Å². The molecule has 0 bridgehead atoms. The summed E-state index contributed by atoms with van der Waals surface area (Å²) in [5, 5.41) is 5.98. The van der Waals surface area contributed by atoms with Gasteiger partial charge in [0, 0.05) is 26.2 Å². The van der Waals surface area contributed by atoms with Gasteiger partial charge < -0.3 is 15.0 Å². The highest BCUT2D eigenvalue weighted by molar-refractivity contribution is 5.83. The number of benzene rings is 1. The van der Waals surface area contributed by atoms with Crippen LogP contribution in [0, 0.1) is 5.82 Å². The van der Waals surface area contributed by atoms with Crippen molar-refractivity contribution >= 4 is 12.0 Å². The zero-order valence-corrected chi connectivity index (χ0v) is 15.8. The van der Waals surface area contributed by atoms with Gasteiger partial charge in [-0.3, -0.25) is 10.1 Å². The first kappa shape index (κ1) is 20.2. The van der Waals surface area contributed by atoms with E-state index in [0.717, 1.165) is 0 Å². The lowest BCUT2D eigenvalue weighted by molar-refractivity contribution is -0.123. The molecule has 1 aromatic rings. The summed E-state index contributed by atoms with van der Waals surface area (Å²) in [4.78, 5) is 26.1. The third-order valence-corrected chi connectivity index (χ3v) is 4.26. The first-order chi connectivity index (χ1) is 12.2. The fraction of sp³-hybridized carbons (Fsp3) is 0.579. The number of carbonyl (C=O) groups is 2. The minimum Gasteiger partial charge on any atom is -0.444 e. The molecule has 2 N–H and O–H groups in total. The van der Waals surface area contributed by atoms with Crippen LogP contribution in [0.25, 0.3) is 0 Å². The second-order valence-corrected chi connectivity index (χ2v) is 7.51. The molecular formula is C19H28FN3O3. The average molecular weight is 365 g/mol. The van der Waals surface area contributed by atoms with Crippen molar-refractivity contribution in [2.45, 2.75) is 51.3 Å². The first-order valence-corrected chi connectivity index (χ1v) is 8.90. The summed E-state index contributed by atoms with van der Waals surface area (Å²) in [5.41, 5.74) is 0.194. The number of rotatable bonds is 4. The van der Waals surface area contributed by atoms with Crippen LogP contribution in [0.5, 0.6) is 0 Å². The summed E-state index contributed by atoms with van der Waals surface area (Å²) in [7, 11) is 1.58. The fourth-order valence-corrected chi connectivity index (χ4v) is 2.91. The third kappa shape index (κ3) is 5.69. The standard InChI is InChI=1S/C19H28FN3O3/c1-19(2,3)26-18(25)23-11-9-15(10-12-23)22-16(17(24)21-4)13-5-7-14(20)8-6-13/h5-8,15-16,22H,9-12H2,1-4H3,(H,21,24). The van der Waals surface area contributed by atoms with Crippen molar-refractivity contribution in [3.63, 3.8) is 0 Å². The van der Waals surface area contributed by atoms with Gasteiger partial charge in [0.15, 0.2) is 0 Å². The molecule has 1 unspecified atom stereocenters. The van der Waals surface area contributed by atoms with Crippen LogP contribution in [0.1, 0.15) is 45.2 Å². The van der Waals surface area contributed by atoms with E-state index in [-0.39, 0.29) is 23.9 Å². The number of nitrogens with zero attached hydrogens (tertiary/aromatic N) is 1. The highest BCUT2D eigenvalue weighted by atomic mass is 19.1. The lowest BCUT2D eigenvalue weighted by Gasteiger charge is -2.35. The predicted molar refractivity (Wildman–Crippen MR) is 97.2 cm³/mol. The smallest absolute Gasteiger partial charge is 0.410 e. The molecule has 26 heavy (non-hydrogen) atoms. The Labute approximate surface area is 154 Å². The second-order valence-electron chi connectivity index (χ2n) is 7.51. The summed E-state index contributed by atoms with van der Waals surface area (Å²) in [6, 6.07) is 5.44. The molecular weight excluding hydrogens is 337 g/mol. The molecule has 1 atom stereocenters. The van der Waals surface area contributed by atoms with E-state index in [4.69, 9.17) is 4.74 Å². The highest BCUT2D eigenvalue weighted by Gasteiger charge is 2.29. The van der Waals surface area contributed by atoms with E-state index >= 15 is 0 Å². The van der Waals surface area contributed by atoms with E-state index in [9.17, 15) is 14.0 Å². The van der Waals surface area contributed by atoms with E-state index in [0.29, 0.717) is 31.5 Å². The normalized spacial score (nSPS) is 16.9. The quantitative estimate of drug-likeness (QED) is 0.860. The molecule has 0 aromatic heterocycles. The molecule has 6 nitrogen and oxygen atoms in total. The van der Waals surface area contributed by atoms with Gasteiger partial charge in [-0.2, -0.15) is 0 Å². The molecule has 144 valence electrons.